The molecule has 1 fully saturated rings. The lowest BCUT2D eigenvalue weighted by molar-refractivity contribution is -0.225. The molecule has 0 atom stereocenters. The summed E-state index contributed by atoms with van der Waals surface area (Å²) in [4.78, 5) is 0. The lowest BCUT2D eigenvalue weighted by atomic mass is 10.1. The highest BCUT2D eigenvalue weighted by atomic mass is 16.6. The first-order valence-electron chi connectivity index (χ1n) is 3.12. The molecule has 3 heteroatoms. The zero-order valence-electron chi connectivity index (χ0n) is 5.59. The van der Waals surface area contributed by atoms with Crippen LogP contribution in [0.1, 0.15) is 12.8 Å². The summed E-state index contributed by atoms with van der Waals surface area (Å²) in [5.74, 6) is -0.905. The highest BCUT2D eigenvalue weighted by Gasteiger charge is 2.28. The van der Waals surface area contributed by atoms with E-state index in [2.05, 4.69) is 0 Å². The van der Waals surface area contributed by atoms with Gasteiger partial charge in [-0.15, -0.1) is 0 Å². The van der Waals surface area contributed by atoms with Gasteiger partial charge in [0.15, 0.2) is 5.79 Å². The van der Waals surface area contributed by atoms with Crippen molar-refractivity contribution in [2.24, 2.45) is 0 Å². The van der Waals surface area contributed by atoms with Crippen LogP contribution in [0.4, 0.5) is 0 Å². The Morgan fingerprint density at radius 3 is 2.33 bits per heavy atom. The van der Waals surface area contributed by atoms with Gasteiger partial charge in [0, 0.05) is 20.0 Å². The van der Waals surface area contributed by atoms with E-state index >= 15 is 0 Å². The largest absolute Gasteiger partial charge is 0.381 e. The molecule has 1 N–H and O–H groups in total. The van der Waals surface area contributed by atoms with Crippen LogP contribution in [-0.4, -0.2) is 31.2 Å². The maximum atomic E-state index is 9.38. The van der Waals surface area contributed by atoms with E-state index < -0.39 is 5.79 Å². The van der Waals surface area contributed by atoms with Gasteiger partial charge in [-0.25, -0.2) is 0 Å². The quantitative estimate of drug-likeness (QED) is 0.515. The smallest absolute Gasteiger partial charge is 0.169 e. The standard InChI is InChI=1S/C6H12O3/c1-8-6(7)2-4-9-5-3-6/h7H,2-5H2,1H3. The Labute approximate surface area is 54.6 Å². The van der Waals surface area contributed by atoms with Gasteiger partial charge in [0.2, 0.25) is 0 Å². The molecule has 0 spiro atoms. The van der Waals surface area contributed by atoms with Crippen molar-refractivity contribution in [2.45, 2.75) is 18.6 Å². The summed E-state index contributed by atoms with van der Waals surface area (Å²) in [6, 6.07) is 0. The monoisotopic (exact) mass is 132 g/mol. The van der Waals surface area contributed by atoms with Crippen LogP contribution in [0.15, 0.2) is 0 Å². The van der Waals surface area contributed by atoms with E-state index in [1.165, 1.54) is 7.11 Å². The summed E-state index contributed by atoms with van der Waals surface area (Å²) in [6.45, 7) is 1.20. The Morgan fingerprint density at radius 2 is 2.00 bits per heavy atom. The summed E-state index contributed by atoms with van der Waals surface area (Å²) < 4.78 is 9.88. The first kappa shape index (κ1) is 6.99. The fourth-order valence-electron chi connectivity index (χ4n) is 0.894. The Bertz CT molecular complexity index is 86.3. The van der Waals surface area contributed by atoms with Crippen molar-refractivity contribution in [2.75, 3.05) is 20.3 Å². The van der Waals surface area contributed by atoms with Crippen LogP contribution >= 0.6 is 0 Å². The van der Waals surface area contributed by atoms with Gasteiger partial charge < -0.3 is 14.6 Å². The van der Waals surface area contributed by atoms with Crippen LogP contribution in [0.25, 0.3) is 0 Å². The van der Waals surface area contributed by atoms with Crippen LogP contribution in [0, 0.1) is 0 Å². The Hall–Kier alpha value is -0.120. The fourth-order valence-corrected chi connectivity index (χ4v) is 0.894. The fraction of sp³-hybridized carbons (Fsp3) is 1.00. The summed E-state index contributed by atoms with van der Waals surface area (Å²) in [7, 11) is 1.52. The molecule has 1 aliphatic rings. The molecule has 0 saturated carbocycles. The number of methoxy groups -OCH3 is 1. The van der Waals surface area contributed by atoms with Crippen molar-refractivity contribution in [3.8, 4) is 0 Å². The van der Waals surface area contributed by atoms with E-state index in [4.69, 9.17) is 9.47 Å². The van der Waals surface area contributed by atoms with Crippen molar-refractivity contribution in [3.05, 3.63) is 0 Å². The summed E-state index contributed by atoms with van der Waals surface area (Å²) in [6.07, 6.45) is 1.17. The summed E-state index contributed by atoms with van der Waals surface area (Å²) in [5.41, 5.74) is 0. The third kappa shape index (κ3) is 1.64. The zero-order chi connectivity index (χ0) is 6.74. The average molecular weight is 132 g/mol. The van der Waals surface area contributed by atoms with Crippen LogP contribution in [0.3, 0.4) is 0 Å². The number of aliphatic hydroxyl groups is 1. The molecule has 1 aliphatic heterocycles. The molecule has 0 aliphatic carbocycles. The predicted octanol–water partition coefficient (Wildman–Crippen LogP) is 0.132. The van der Waals surface area contributed by atoms with Gasteiger partial charge in [0.25, 0.3) is 0 Å². The Balaban J connectivity index is 2.37. The third-order valence-electron chi connectivity index (χ3n) is 1.65. The zero-order valence-corrected chi connectivity index (χ0v) is 5.59. The van der Waals surface area contributed by atoms with Gasteiger partial charge >= 0.3 is 0 Å². The Morgan fingerprint density at radius 1 is 1.44 bits per heavy atom. The van der Waals surface area contributed by atoms with E-state index in [-0.39, 0.29) is 0 Å². The first-order chi connectivity index (χ1) is 4.27. The molecule has 0 bridgehead atoms. The van der Waals surface area contributed by atoms with E-state index in [1.54, 1.807) is 0 Å². The molecule has 0 radical (unpaired) electrons. The molecule has 9 heavy (non-hydrogen) atoms. The topological polar surface area (TPSA) is 38.7 Å². The molecule has 0 aromatic carbocycles. The second kappa shape index (κ2) is 2.64. The van der Waals surface area contributed by atoms with E-state index in [1.807, 2.05) is 0 Å². The second-order valence-corrected chi connectivity index (χ2v) is 2.26. The average Bonchev–Trinajstić information content (AvgIpc) is 1.90. The molecule has 0 aromatic heterocycles. The van der Waals surface area contributed by atoms with Gasteiger partial charge in [0.05, 0.1) is 13.2 Å². The Kier molecular flexibility index (Phi) is 2.05. The van der Waals surface area contributed by atoms with Crippen molar-refractivity contribution in [1.82, 2.24) is 0 Å². The van der Waals surface area contributed by atoms with E-state index in [0.717, 1.165) is 0 Å². The molecule has 54 valence electrons. The SMILES string of the molecule is COC1(O)CCOCC1. The van der Waals surface area contributed by atoms with Crippen LogP contribution < -0.4 is 0 Å². The van der Waals surface area contributed by atoms with Gasteiger partial charge in [-0.1, -0.05) is 0 Å². The molecular weight excluding hydrogens is 120 g/mol. The van der Waals surface area contributed by atoms with Gasteiger partial charge in [-0.05, 0) is 0 Å². The van der Waals surface area contributed by atoms with Crippen molar-refractivity contribution >= 4 is 0 Å². The number of hydrogen-bond acceptors (Lipinski definition) is 3. The van der Waals surface area contributed by atoms with Gasteiger partial charge in [0.1, 0.15) is 0 Å². The minimum atomic E-state index is -0.905. The molecular formula is C6H12O3. The molecule has 1 rings (SSSR count). The van der Waals surface area contributed by atoms with Gasteiger partial charge in [-0.2, -0.15) is 0 Å². The molecule has 0 unspecified atom stereocenters. The maximum absolute atomic E-state index is 9.38. The minimum absolute atomic E-state index is 0.587. The molecule has 0 amide bonds. The summed E-state index contributed by atoms with van der Waals surface area (Å²) >= 11 is 0. The van der Waals surface area contributed by atoms with Gasteiger partial charge in [-0.3, -0.25) is 0 Å². The third-order valence-corrected chi connectivity index (χ3v) is 1.65. The van der Waals surface area contributed by atoms with Crippen LogP contribution in [0.5, 0.6) is 0 Å². The molecule has 1 saturated heterocycles. The lowest BCUT2D eigenvalue weighted by Crippen LogP contribution is -2.37. The van der Waals surface area contributed by atoms with E-state index in [9.17, 15) is 5.11 Å². The lowest BCUT2D eigenvalue weighted by Gasteiger charge is -2.29. The normalized spacial score (nSPS) is 26.0. The minimum Gasteiger partial charge on any atom is -0.381 e. The van der Waals surface area contributed by atoms with Crippen molar-refractivity contribution in [1.29, 1.82) is 0 Å². The van der Waals surface area contributed by atoms with Crippen molar-refractivity contribution < 1.29 is 14.6 Å². The van der Waals surface area contributed by atoms with E-state index in [0.29, 0.717) is 26.1 Å². The van der Waals surface area contributed by atoms with Crippen molar-refractivity contribution in [3.63, 3.8) is 0 Å². The highest BCUT2D eigenvalue weighted by Crippen LogP contribution is 2.19. The van der Waals surface area contributed by atoms with Crippen LogP contribution in [-0.2, 0) is 9.47 Å². The number of hydrogen-bond donors (Lipinski definition) is 1. The number of ether oxygens (including phenoxy) is 2. The maximum Gasteiger partial charge on any atom is 0.169 e. The second-order valence-electron chi connectivity index (χ2n) is 2.26. The van der Waals surface area contributed by atoms with Crippen LogP contribution in [0.2, 0.25) is 0 Å². The molecule has 3 nitrogen and oxygen atoms in total. The molecule has 1 heterocycles. The molecule has 0 aromatic rings. The predicted molar refractivity (Wildman–Crippen MR) is 32.0 cm³/mol. The highest BCUT2D eigenvalue weighted by molar-refractivity contribution is 4.69. The first-order valence-corrected chi connectivity index (χ1v) is 3.12. The summed E-state index contributed by atoms with van der Waals surface area (Å²) in [5, 5.41) is 9.38. The number of rotatable bonds is 1.